The first-order valence-electron chi connectivity index (χ1n) is 14.7. The van der Waals surface area contributed by atoms with Crippen molar-refractivity contribution >= 4 is 45.0 Å². The van der Waals surface area contributed by atoms with E-state index < -0.39 is 22.9 Å². The van der Waals surface area contributed by atoms with Crippen LogP contribution in [0.15, 0.2) is 129 Å². The van der Waals surface area contributed by atoms with Crippen molar-refractivity contribution in [3.63, 3.8) is 0 Å². The topological polar surface area (TPSA) is 167 Å². The van der Waals surface area contributed by atoms with Gasteiger partial charge in [-0.1, -0.05) is 60.7 Å². The predicted octanol–water partition coefficient (Wildman–Crippen LogP) is 4.09. The number of aromatic hydroxyl groups is 2. The summed E-state index contributed by atoms with van der Waals surface area (Å²) < 4.78 is 2.84. The van der Waals surface area contributed by atoms with Crippen molar-refractivity contribution in [3.8, 4) is 22.9 Å². The smallest absolute Gasteiger partial charge is 0.331 e. The molecule has 12 heteroatoms. The molecule has 0 saturated carbocycles. The number of carbonyl (C=O) groups excluding carboxylic acids is 2. The first-order chi connectivity index (χ1) is 23.2. The van der Waals surface area contributed by atoms with Crippen molar-refractivity contribution in [2.75, 3.05) is 0 Å². The fourth-order valence-electron chi connectivity index (χ4n) is 5.45. The van der Waals surface area contributed by atoms with Crippen LogP contribution in [0.4, 0.5) is 0 Å². The minimum absolute atomic E-state index is 0.0590. The first-order valence-corrected chi connectivity index (χ1v) is 14.7. The van der Waals surface area contributed by atoms with E-state index in [2.05, 4.69) is 21.1 Å². The molecule has 4 aromatic carbocycles. The third-order valence-corrected chi connectivity index (χ3v) is 7.72. The van der Waals surface area contributed by atoms with Gasteiger partial charge < -0.3 is 10.2 Å². The van der Waals surface area contributed by atoms with Crippen molar-refractivity contribution in [1.29, 1.82) is 0 Å². The minimum Gasteiger partial charge on any atom is -0.506 e. The summed E-state index contributed by atoms with van der Waals surface area (Å²) in [5.41, 5.74) is 4.55. The number of hydrazone groups is 2. The second-order valence-electron chi connectivity index (χ2n) is 10.7. The molecule has 0 fully saturated rings. The van der Waals surface area contributed by atoms with E-state index in [1.165, 1.54) is 23.0 Å². The molecule has 0 bridgehead atoms. The number of benzene rings is 4. The second kappa shape index (κ2) is 12.9. The maximum atomic E-state index is 13.7. The van der Waals surface area contributed by atoms with Gasteiger partial charge >= 0.3 is 11.8 Å². The third-order valence-electron chi connectivity index (χ3n) is 7.72. The van der Waals surface area contributed by atoms with E-state index in [9.17, 15) is 29.4 Å². The molecular weight excluding hydrogens is 612 g/mol. The molecule has 6 aromatic rings. The van der Waals surface area contributed by atoms with Gasteiger partial charge in [0.1, 0.15) is 22.6 Å². The number of amides is 2. The summed E-state index contributed by atoms with van der Waals surface area (Å²) in [7, 11) is 0. The number of para-hydroxylation sites is 4. The highest BCUT2D eigenvalue weighted by Gasteiger charge is 2.22. The van der Waals surface area contributed by atoms with Crippen LogP contribution in [0, 0.1) is 0 Å². The van der Waals surface area contributed by atoms with Gasteiger partial charge in [-0.15, -0.1) is 0 Å². The van der Waals surface area contributed by atoms with Crippen molar-refractivity contribution in [2.45, 2.75) is 13.8 Å². The fraction of sp³-hybridized carbons (Fsp3) is 0.0556. The summed E-state index contributed by atoms with van der Waals surface area (Å²) in [5, 5.41) is 30.7. The molecule has 0 spiro atoms. The molecule has 2 heterocycles. The lowest BCUT2D eigenvalue weighted by Gasteiger charge is -2.15. The van der Waals surface area contributed by atoms with Crippen molar-refractivity contribution in [3.05, 3.63) is 141 Å². The Morgan fingerprint density at radius 2 is 0.875 bits per heavy atom. The molecule has 0 saturated heterocycles. The van der Waals surface area contributed by atoms with Crippen LogP contribution in [0.5, 0.6) is 11.5 Å². The zero-order chi connectivity index (χ0) is 33.9. The molecule has 0 aliphatic heterocycles. The summed E-state index contributed by atoms with van der Waals surface area (Å²) in [6.45, 7) is 2.81. The van der Waals surface area contributed by atoms with E-state index in [0.717, 1.165) is 0 Å². The Hall–Kier alpha value is -6.82. The summed E-state index contributed by atoms with van der Waals surface area (Å²) in [4.78, 5) is 52.7. The van der Waals surface area contributed by atoms with Crippen LogP contribution in [-0.4, -0.2) is 42.6 Å². The molecular formula is C36H28N6O6. The maximum Gasteiger partial charge on any atom is 0.331 e. The Morgan fingerprint density at radius 1 is 0.542 bits per heavy atom. The highest BCUT2D eigenvalue weighted by Crippen LogP contribution is 2.29. The molecule has 48 heavy (non-hydrogen) atoms. The molecule has 2 aromatic heterocycles. The third kappa shape index (κ3) is 5.58. The quantitative estimate of drug-likeness (QED) is 0.122. The van der Waals surface area contributed by atoms with Gasteiger partial charge in [0.25, 0.3) is 11.1 Å². The van der Waals surface area contributed by atoms with Gasteiger partial charge in [-0.05, 0) is 62.4 Å². The zero-order valence-electron chi connectivity index (χ0n) is 25.7. The number of carbonyl (C=O) groups is 2. The van der Waals surface area contributed by atoms with Gasteiger partial charge in [0.2, 0.25) is 0 Å². The Balaban J connectivity index is 1.28. The van der Waals surface area contributed by atoms with Gasteiger partial charge in [-0.2, -0.15) is 10.2 Å². The fourth-order valence-corrected chi connectivity index (χ4v) is 5.45. The average Bonchev–Trinajstić information content (AvgIpc) is 3.10. The molecule has 6 rings (SSSR count). The highest BCUT2D eigenvalue weighted by atomic mass is 16.3. The summed E-state index contributed by atoms with van der Waals surface area (Å²) in [6.07, 6.45) is 0. The lowest BCUT2D eigenvalue weighted by Crippen LogP contribution is -2.37. The van der Waals surface area contributed by atoms with Crippen molar-refractivity contribution < 1.29 is 19.8 Å². The first kappa shape index (κ1) is 31.2. The number of nitrogens with one attached hydrogen (secondary N) is 2. The van der Waals surface area contributed by atoms with E-state index in [-0.39, 0.29) is 34.0 Å². The number of aromatic nitrogens is 2. The van der Waals surface area contributed by atoms with Gasteiger partial charge in [0.15, 0.2) is 0 Å². The second-order valence-corrected chi connectivity index (χ2v) is 10.7. The van der Waals surface area contributed by atoms with Crippen LogP contribution in [0.1, 0.15) is 25.0 Å². The van der Waals surface area contributed by atoms with Gasteiger partial charge in [0, 0.05) is 22.1 Å². The van der Waals surface area contributed by atoms with Crippen LogP contribution in [0.2, 0.25) is 0 Å². The van der Waals surface area contributed by atoms with Crippen LogP contribution in [0.3, 0.4) is 0 Å². The lowest BCUT2D eigenvalue weighted by molar-refractivity contribution is -0.139. The summed E-state index contributed by atoms with van der Waals surface area (Å²) in [6, 6.07) is 31.3. The van der Waals surface area contributed by atoms with Crippen LogP contribution in [0.25, 0.3) is 33.2 Å². The van der Waals surface area contributed by atoms with E-state index in [1.54, 1.807) is 97.1 Å². The molecule has 0 unspecified atom stereocenters. The Bertz CT molecular complexity index is 2240. The Kier molecular flexibility index (Phi) is 8.37. The molecule has 2 amide bonds. The zero-order valence-corrected chi connectivity index (χ0v) is 25.7. The molecule has 4 N–H and O–H groups in total. The number of hydrogen-bond acceptors (Lipinski definition) is 8. The normalized spacial score (nSPS) is 11.9. The highest BCUT2D eigenvalue weighted by molar-refractivity contribution is 6.35. The van der Waals surface area contributed by atoms with E-state index in [0.29, 0.717) is 33.2 Å². The number of rotatable bonds is 6. The Labute approximate surface area is 272 Å². The average molecular weight is 641 g/mol. The van der Waals surface area contributed by atoms with Crippen LogP contribution < -0.4 is 22.0 Å². The Morgan fingerprint density at radius 3 is 1.25 bits per heavy atom. The van der Waals surface area contributed by atoms with Gasteiger partial charge in [-0.25, -0.2) is 10.9 Å². The predicted molar refractivity (Wildman–Crippen MR) is 183 cm³/mol. The number of fused-ring (bicyclic) bond motifs is 2. The molecule has 0 atom stereocenters. The maximum absolute atomic E-state index is 13.7. The van der Waals surface area contributed by atoms with E-state index >= 15 is 0 Å². The molecule has 0 aliphatic carbocycles. The van der Waals surface area contributed by atoms with Crippen molar-refractivity contribution in [2.24, 2.45) is 10.2 Å². The molecule has 238 valence electrons. The monoisotopic (exact) mass is 640 g/mol. The molecule has 0 radical (unpaired) electrons. The van der Waals surface area contributed by atoms with Crippen LogP contribution >= 0.6 is 0 Å². The van der Waals surface area contributed by atoms with Crippen molar-refractivity contribution in [1.82, 2.24) is 20.0 Å². The van der Waals surface area contributed by atoms with Gasteiger partial charge in [0.05, 0.1) is 22.5 Å². The SMILES string of the molecule is C/C(=N\NC(=O)C(=O)N/N=C(\C)c1c(O)c2ccccc2n(-c2ccccc2)c1=O)c1c(O)c2ccccc2n(-c2ccccc2)c1=O. The molecule has 12 nitrogen and oxygen atoms in total. The number of hydrogen-bond donors (Lipinski definition) is 4. The summed E-state index contributed by atoms with van der Waals surface area (Å²) in [5.74, 6) is -3.14. The van der Waals surface area contributed by atoms with Crippen LogP contribution in [-0.2, 0) is 9.59 Å². The standard InChI is InChI=1S/C36H28N6O6/c1-21(29-31(43)25-17-9-11-19-27(25)41(35(29)47)23-13-5-3-6-14-23)37-39-33(45)34(46)40-38-22(2)30-32(44)26-18-10-12-20-28(26)42(36(30)48)24-15-7-4-8-16-24/h3-20,43-44H,1-2H3,(H,39,45)(H,40,46)/b37-21+,38-22+. The largest absolute Gasteiger partial charge is 0.506 e. The van der Waals surface area contributed by atoms with Gasteiger partial charge in [-0.3, -0.25) is 28.3 Å². The number of pyridine rings is 2. The lowest BCUT2D eigenvalue weighted by atomic mass is 10.1. The minimum atomic E-state index is -1.24. The van der Waals surface area contributed by atoms with E-state index in [4.69, 9.17) is 0 Å². The van der Waals surface area contributed by atoms with E-state index in [1.807, 2.05) is 12.1 Å². The number of nitrogens with zero attached hydrogens (tertiary/aromatic N) is 4. The molecule has 0 aliphatic rings. The summed E-state index contributed by atoms with van der Waals surface area (Å²) >= 11 is 0.